The van der Waals surface area contributed by atoms with Crippen LogP contribution in [0.2, 0.25) is 0 Å². The van der Waals surface area contributed by atoms with Crippen molar-refractivity contribution in [3.8, 4) is 5.75 Å². The van der Waals surface area contributed by atoms with Crippen molar-refractivity contribution in [3.05, 3.63) is 41.7 Å². The molecule has 0 aliphatic carbocycles. The second-order valence-electron chi connectivity index (χ2n) is 4.54. The largest absolute Gasteiger partial charge is 0.435 e. The van der Waals surface area contributed by atoms with Crippen LogP contribution in [-0.4, -0.2) is 22.3 Å². The van der Waals surface area contributed by atoms with E-state index in [9.17, 15) is 13.6 Å². The molecule has 0 aliphatic heterocycles. The van der Waals surface area contributed by atoms with Crippen LogP contribution < -0.4 is 10.1 Å². The Kier molecular flexibility index (Phi) is 4.52. The standard InChI is InChI=1S/C14H15F2N3O2/c1-9-7-10(2)19(18-9)8-13(20)17-11-3-5-12(6-4-11)21-14(15)16/h3-7,14H,8H2,1-2H3,(H,17,20). The molecule has 0 fully saturated rings. The van der Waals surface area contributed by atoms with Crippen molar-refractivity contribution in [2.24, 2.45) is 0 Å². The highest BCUT2D eigenvalue weighted by Gasteiger charge is 2.08. The summed E-state index contributed by atoms with van der Waals surface area (Å²) < 4.78 is 29.8. The second-order valence-corrected chi connectivity index (χ2v) is 4.54. The van der Waals surface area contributed by atoms with Crippen LogP contribution in [0, 0.1) is 13.8 Å². The lowest BCUT2D eigenvalue weighted by Crippen LogP contribution is -2.20. The lowest BCUT2D eigenvalue weighted by atomic mass is 10.3. The van der Waals surface area contributed by atoms with Gasteiger partial charge in [0.15, 0.2) is 0 Å². The van der Waals surface area contributed by atoms with Crippen molar-refractivity contribution < 1.29 is 18.3 Å². The number of carbonyl (C=O) groups is 1. The van der Waals surface area contributed by atoms with Crippen LogP contribution in [0.4, 0.5) is 14.5 Å². The third kappa shape index (κ3) is 4.27. The molecule has 21 heavy (non-hydrogen) atoms. The second kappa shape index (κ2) is 6.34. The third-order valence-electron chi connectivity index (χ3n) is 2.76. The minimum Gasteiger partial charge on any atom is -0.435 e. The van der Waals surface area contributed by atoms with Crippen LogP contribution in [0.1, 0.15) is 11.4 Å². The van der Waals surface area contributed by atoms with E-state index in [0.717, 1.165) is 11.4 Å². The molecule has 2 rings (SSSR count). The lowest BCUT2D eigenvalue weighted by molar-refractivity contribution is -0.116. The highest BCUT2D eigenvalue weighted by atomic mass is 19.3. The van der Waals surface area contributed by atoms with E-state index in [4.69, 9.17) is 0 Å². The van der Waals surface area contributed by atoms with Gasteiger partial charge in [0, 0.05) is 11.4 Å². The first-order chi connectivity index (χ1) is 9.94. The third-order valence-corrected chi connectivity index (χ3v) is 2.76. The smallest absolute Gasteiger partial charge is 0.387 e. The van der Waals surface area contributed by atoms with Gasteiger partial charge in [-0.25, -0.2) is 0 Å². The zero-order valence-corrected chi connectivity index (χ0v) is 11.6. The molecule has 0 unspecified atom stereocenters. The summed E-state index contributed by atoms with van der Waals surface area (Å²) in [6.45, 7) is 0.943. The van der Waals surface area contributed by atoms with E-state index in [1.165, 1.54) is 24.3 Å². The van der Waals surface area contributed by atoms with Gasteiger partial charge in [0.05, 0.1) is 5.69 Å². The molecule has 0 radical (unpaired) electrons. The summed E-state index contributed by atoms with van der Waals surface area (Å²) in [5.74, 6) is -0.203. The fraction of sp³-hybridized carbons (Fsp3) is 0.286. The van der Waals surface area contributed by atoms with E-state index < -0.39 is 6.61 Å². The van der Waals surface area contributed by atoms with Gasteiger partial charge in [0.25, 0.3) is 0 Å². The van der Waals surface area contributed by atoms with Crippen molar-refractivity contribution in [1.29, 1.82) is 0 Å². The summed E-state index contributed by atoms with van der Waals surface area (Å²) in [5, 5.41) is 6.86. The number of aryl methyl sites for hydroxylation is 2. The number of hydrogen-bond donors (Lipinski definition) is 1. The van der Waals surface area contributed by atoms with Crippen LogP contribution in [0.25, 0.3) is 0 Å². The number of aromatic nitrogens is 2. The van der Waals surface area contributed by atoms with E-state index in [-0.39, 0.29) is 18.2 Å². The predicted molar refractivity (Wildman–Crippen MR) is 73.4 cm³/mol. The van der Waals surface area contributed by atoms with Crippen LogP contribution >= 0.6 is 0 Å². The summed E-state index contributed by atoms with van der Waals surface area (Å²) in [7, 11) is 0. The van der Waals surface area contributed by atoms with Gasteiger partial charge in [0.1, 0.15) is 12.3 Å². The minimum absolute atomic E-state index is 0.0431. The number of anilines is 1. The van der Waals surface area contributed by atoms with Gasteiger partial charge in [0.2, 0.25) is 5.91 Å². The SMILES string of the molecule is Cc1cc(C)n(CC(=O)Nc2ccc(OC(F)F)cc2)n1. The minimum atomic E-state index is -2.86. The Hall–Kier alpha value is -2.44. The first kappa shape index (κ1) is 15.0. The van der Waals surface area contributed by atoms with Crippen LogP contribution in [0.5, 0.6) is 5.75 Å². The maximum Gasteiger partial charge on any atom is 0.387 e. The van der Waals surface area contributed by atoms with Crippen LogP contribution in [-0.2, 0) is 11.3 Å². The van der Waals surface area contributed by atoms with Gasteiger partial charge >= 0.3 is 6.61 Å². The van der Waals surface area contributed by atoms with E-state index in [1.807, 2.05) is 19.9 Å². The monoisotopic (exact) mass is 295 g/mol. The summed E-state index contributed by atoms with van der Waals surface area (Å²) >= 11 is 0. The Balaban J connectivity index is 1.95. The molecule has 1 heterocycles. The number of rotatable bonds is 5. The molecule has 112 valence electrons. The first-order valence-electron chi connectivity index (χ1n) is 6.30. The quantitative estimate of drug-likeness (QED) is 0.922. The number of nitrogens with zero attached hydrogens (tertiary/aromatic N) is 2. The Bertz CT molecular complexity index is 624. The van der Waals surface area contributed by atoms with Gasteiger partial charge in [-0.3, -0.25) is 9.48 Å². The molecule has 0 spiro atoms. The highest BCUT2D eigenvalue weighted by molar-refractivity contribution is 5.90. The van der Waals surface area contributed by atoms with Gasteiger partial charge in [-0.15, -0.1) is 0 Å². The van der Waals surface area contributed by atoms with Crippen molar-refractivity contribution in [2.45, 2.75) is 27.0 Å². The van der Waals surface area contributed by atoms with Crippen molar-refractivity contribution >= 4 is 11.6 Å². The summed E-state index contributed by atoms with van der Waals surface area (Å²) in [6, 6.07) is 7.60. The number of carbonyl (C=O) groups excluding carboxylic acids is 1. The van der Waals surface area contributed by atoms with Crippen molar-refractivity contribution in [2.75, 3.05) is 5.32 Å². The number of nitrogens with one attached hydrogen (secondary N) is 1. The molecule has 0 bridgehead atoms. The fourth-order valence-corrected chi connectivity index (χ4v) is 1.89. The summed E-state index contributed by atoms with van der Waals surface area (Å²) in [5.41, 5.74) is 2.24. The Morgan fingerprint density at radius 2 is 2.00 bits per heavy atom. The molecule has 2 aromatic rings. The molecule has 1 N–H and O–H groups in total. The maximum absolute atomic E-state index is 12.0. The number of amides is 1. The number of hydrogen-bond acceptors (Lipinski definition) is 3. The molecule has 1 amide bonds. The van der Waals surface area contributed by atoms with Gasteiger partial charge < -0.3 is 10.1 Å². The molecule has 0 saturated heterocycles. The first-order valence-corrected chi connectivity index (χ1v) is 6.30. The highest BCUT2D eigenvalue weighted by Crippen LogP contribution is 2.17. The number of alkyl halides is 2. The van der Waals surface area contributed by atoms with Gasteiger partial charge in [-0.1, -0.05) is 0 Å². The Morgan fingerprint density at radius 3 is 2.52 bits per heavy atom. The van der Waals surface area contributed by atoms with E-state index in [1.54, 1.807) is 4.68 Å². The Morgan fingerprint density at radius 1 is 1.33 bits per heavy atom. The maximum atomic E-state index is 12.0. The van der Waals surface area contributed by atoms with Crippen LogP contribution in [0.3, 0.4) is 0 Å². The summed E-state index contributed by atoms with van der Waals surface area (Å²) in [4.78, 5) is 11.9. The molecule has 0 aliphatic rings. The van der Waals surface area contributed by atoms with E-state index in [0.29, 0.717) is 5.69 Å². The van der Waals surface area contributed by atoms with Crippen molar-refractivity contribution in [3.63, 3.8) is 0 Å². The topological polar surface area (TPSA) is 56.2 Å². The van der Waals surface area contributed by atoms with Gasteiger partial charge in [-0.2, -0.15) is 13.9 Å². The molecule has 7 heteroatoms. The zero-order valence-electron chi connectivity index (χ0n) is 11.6. The molecular weight excluding hydrogens is 280 g/mol. The molecule has 0 atom stereocenters. The molecular formula is C14H15F2N3O2. The fourth-order valence-electron chi connectivity index (χ4n) is 1.89. The molecule has 0 saturated carbocycles. The average molecular weight is 295 g/mol. The summed E-state index contributed by atoms with van der Waals surface area (Å²) in [6.07, 6.45) is 0. The predicted octanol–water partition coefficient (Wildman–Crippen LogP) is 2.74. The zero-order chi connectivity index (χ0) is 15.4. The molecule has 1 aromatic heterocycles. The molecule has 5 nitrogen and oxygen atoms in total. The number of benzene rings is 1. The number of halogens is 2. The van der Waals surface area contributed by atoms with E-state index >= 15 is 0 Å². The average Bonchev–Trinajstić information content (AvgIpc) is 2.69. The normalized spacial score (nSPS) is 10.7. The van der Waals surface area contributed by atoms with Gasteiger partial charge in [-0.05, 0) is 44.2 Å². The number of ether oxygens (including phenoxy) is 1. The van der Waals surface area contributed by atoms with E-state index in [2.05, 4.69) is 15.2 Å². The van der Waals surface area contributed by atoms with Crippen LogP contribution in [0.15, 0.2) is 30.3 Å². The Labute approximate surface area is 120 Å². The lowest BCUT2D eigenvalue weighted by Gasteiger charge is -2.08. The van der Waals surface area contributed by atoms with Crippen molar-refractivity contribution in [1.82, 2.24) is 9.78 Å². The molecule has 1 aromatic carbocycles.